The second kappa shape index (κ2) is 5.69. The molecular formula is C14H18N6O2. The van der Waals surface area contributed by atoms with Crippen LogP contribution in [0.4, 0.5) is 5.95 Å². The molecule has 0 aliphatic carbocycles. The molecule has 0 amide bonds. The summed E-state index contributed by atoms with van der Waals surface area (Å²) in [7, 11) is 0. The molecule has 1 unspecified atom stereocenters. The number of fused-ring (bicyclic) bond motifs is 1. The molecule has 3 heterocycles. The Morgan fingerprint density at radius 2 is 2.23 bits per heavy atom. The molecule has 22 heavy (non-hydrogen) atoms. The Morgan fingerprint density at radius 1 is 1.41 bits per heavy atom. The molecule has 3 rings (SSSR count). The fourth-order valence-corrected chi connectivity index (χ4v) is 2.77. The summed E-state index contributed by atoms with van der Waals surface area (Å²) in [5.41, 5.74) is 5.59. The number of aromatic amines is 2. The van der Waals surface area contributed by atoms with Gasteiger partial charge >= 0.3 is 5.69 Å². The Hall–Kier alpha value is -2.53. The molecule has 1 saturated heterocycles. The van der Waals surface area contributed by atoms with Crippen LogP contribution in [0.5, 0.6) is 0 Å². The van der Waals surface area contributed by atoms with Crippen LogP contribution >= 0.6 is 0 Å². The van der Waals surface area contributed by atoms with Crippen molar-refractivity contribution in [1.29, 1.82) is 0 Å². The van der Waals surface area contributed by atoms with Crippen molar-refractivity contribution in [3.05, 3.63) is 20.8 Å². The van der Waals surface area contributed by atoms with Gasteiger partial charge in [0.25, 0.3) is 5.56 Å². The fourth-order valence-electron chi connectivity index (χ4n) is 2.77. The summed E-state index contributed by atoms with van der Waals surface area (Å²) < 4.78 is 1.76. The second-order valence-corrected chi connectivity index (χ2v) is 5.38. The first-order chi connectivity index (χ1) is 10.6. The molecule has 0 radical (unpaired) electrons. The number of nitrogens with two attached hydrogens (primary N) is 1. The molecule has 2 aromatic heterocycles. The predicted octanol–water partition coefficient (Wildman–Crippen LogP) is -0.636. The maximum atomic E-state index is 12.0. The maximum Gasteiger partial charge on any atom is 0.327 e. The van der Waals surface area contributed by atoms with Gasteiger partial charge in [0.05, 0.1) is 6.54 Å². The van der Waals surface area contributed by atoms with Crippen molar-refractivity contribution in [2.45, 2.75) is 32.4 Å². The molecule has 0 saturated carbocycles. The Bertz CT molecular complexity index is 865. The van der Waals surface area contributed by atoms with Gasteiger partial charge in [0.2, 0.25) is 5.95 Å². The molecule has 0 aromatic carbocycles. The number of H-pyrrole nitrogens is 2. The first kappa shape index (κ1) is 14.4. The summed E-state index contributed by atoms with van der Waals surface area (Å²) in [6.45, 7) is 3.59. The minimum atomic E-state index is -0.551. The molecule has 1 aliphatic rings. The van der Waals surface area contributed by atoms with E-state index in [9.17, 15) is 9.59 Å². The topological polar surface area (TPSA) is 113 Å². The van der Waals surface area contributed by atoms with Gasteiger partial charge < -0.3 is 10.6 Å². The highest BCUT2D eigenvalue weighted by Crippen LogP contribution is 2.21. The predicted molar refractivity (Wildman–Crippen MR) is 83.8 cm³/mol. The zero-order valence-electron chi connectivity index (χ0n) is 12.3. The van der Waals surface area contributed by atoms with E-state index in [0.29, 0.717) is 24.7 Å². The van der Waals surface area contributed by atoms with E-state index in [1.165, 1.54) is 0 Å². The molecule has 0 spiro atoms. The average molecular weight is 302 g/mol. The van der Waals surface area contributed by atoms with E-state index < -0.39 is 11.2 Å². The third-order valence-electron chi connectivity index (χ3n) is 3.78. The quantitative estimate of drug-likeness (QED) is 0.639. The Balaban J connectivity index is 2.18. The second-order valence-electron chi connectivity index (χ2n) is 5.38. The number of hydrogen-bond donors (Lipinski definition) is 3. The third-order valence-corrected chi connectivity index (χ3v) is 3.78. The van der Waals surface area contributed by atoms with Crippen LogP contribution in [-0.4, -0.2) is 38.7 Å². The highest BCUT2D eigenvalue weighted by atomic mass is 16.2. The van der Waals surface area contributed by atoms with Crippen molar-refractivity contribution in [3.8, 4) is 11.8 Å². The Kier molecular flexibility index (Phi) is 3.73. The number of nitrogens with one attached hydrogen (secondary N) is 2. The number of hydrogen-bond acceptors (Lipinski definition) is 5. The standard InChI is InChI=1S/C14H18N6O2/c1-2-3-7-20-11-10(12(21)18-13(22)17-11)16-14(20)19-6-4-5-9(15)8-19/h9H,4-8,15H2,1H3,(H2,17,18,21,22). The van der Waals surface area contributed by atoms with Crippen LogP contribution in [0, 0.1) is 11.8 Å². The van der Waals surface area contributed by atoms with Crippen molar-refractivity contribution in [2.75, 3.05) is 18.0 Å². The lowest BCUT2D eigenvalue weighted by Gasteiger charge is -2.31. The molecule has 1 aliphatic heterocycles. The SMILES string of the molecule is CC#CCn1c(N2CCCC(N)C2)nc2c(=O)[nH]c(=O)[nH]c21. The van der Waals surface area contributed by atoms with Gasteiger partial charge in [-0.15, -0.1) is 5.92 Å². The van der Waals surface area contributed by atoms with E-state index in [-0.39, 0.29) is 11.6 Å². The van der Waals surface area contributed by atoms with Crippen LogP contribution in [0.15, 0.2) is 9.59 Å². The van der Waals surface area contributed by atoms with Crippen molar-refractivity contribution in [2.24, 2.45) is 5.73 Å². The highest BCUT2D eigenvalue weighted by Gasteiger charge is 2.23. The van der Waals surface area contributed by atoms with Gasteiger partial charge in [-0.2, -0.15) is 0 Å². The molecule has 4 N–H and O–H groups in total. The zero-order chi connectivity index (χ0) is 15.7. The van der Waals surface area contributed by atoms with E-state index in [1.54, 1.807) is 11.5 Å². The van der Waals surface area contributed by atoms with E-state index in [1.807, 2.05) is 4.90 Å². The summed E-state index contributed by atoms with van der Waals surface area (Å²) in [5, 5.41) is 0. The monoisotopic (exact) mass is 302 g/mol. The first-order valence-electron chi connectivity index (χ1n) is 7.23. The van der Waals surface area contributed by atoms with Crippen molar-refractivity contribution in [1.82, 2.24) is 19.5 Å². The number of imidazole rings is 1. The smallest absolute Gasteiger partial charge is 0.327 e. The lowest BCUT2D eigenvalue weighted by Crippen LogP contribution is -2.44. The minimum Gasteiger partial charge on any atom is -0.341 e. The largest absolute Gasteiger partial charge is 0.341 e. The number of anilines is 1. The number of nitrogens with zero attached hydrogens (tertiary/aromatic N) is 3. The summed E-state index contributed by atoms with van der Waals surface area (Å²) in [4.78, 5) is 34.8. The highest BCUT2D eigenvalue weighted by molar-refractivity contribution is 5.73. The van der Waals surface area contributed by atoms with Gasteiger partial charge in [-0.1, -0.05) is 5.92 Å². The van der Waals surface area contributed by atoms with Gasteiger partial charge in [-0.25, -0.2) is 9.78 Å². The van der Waals surface area contributed by atoms with Crippen LogP contribution in [0.2, 0.25) is 0 Å². The lowest BCUT2D eigenvalue weighted by molar-refractivity contribution is 0.496. The van der Waals surface area contributed by atoms with Gasteiger partial charge in [0.15, 0.2) is 5.52 Å². The van der Waals surface area contributed by atoms with Crippen molar-refractivity contribution < 1.29 is 0 Å². The molecule has 116 valence electrons. The number of piperidine rings is 1. The van der Waals surface area contributed by atoms with E-state index in [0.717, 1.165) is 19.4 Å². The van der Waals surface area contributed by atoms with Crippen molar-refractivity contribution >= 4 is 17.1 Å². The lowest BCUT2D eigenvalue weighted by atomic mass is 10.1. The van der Waals surface area contributed by atoms with Crippen LogP contribution in [0.1, 0.15) is 19.8 Å². The molecule has 1 fully saturated rings. The first-order valence-corrected chi connectivity index (χ1v) is 7.23. The molecule has 2 aromatic rings. The number of aromatic nitrogens is 4. The van der Waals surface area contributed by atoms with Crippen LogP contribution in [-0.2, 0) is 6.54 Å². The van der Waals surface area contributed by atoms with Crippen LogP contribution in [0.3, 0.4) is 0 Å². The summed E-state index contributed by atoms with van der Waals surface area (Å²) >= 11 is 0. The van der Waals surface area contributed by atoms with E-state index in [4.69, 9.17) is 5.73 Å². The molecule has 8 heteroatoms. The normalized spacial score (nSPS) is 18.3. The summed E-state index contributed by atoms with van der Waals surface area (Å²) in [6.07, 6.45) is 1.94. The van der Waals surface area contributed by atoms with Gasteiger partial charge in [-0.05, 0) is 19.8 Å². The maximum absolute atomic E-state index is 12.0. The van der Waals surface area contributed by atoms with Gasteiger partial charge in [0.1, 0.15) is 5.65 Å². The molecule has 1 atom stereocenters. The van der Waals surface area contributed by atoms with E-state index in [2.05, 4.69) is 26.8 Å². The molecule has 8 nitrogen and oxygen atoms in total. The fraction of sp³-hybridized carbons (Fsp3) is 0.500. The van der Waals surface area contributed by atoms with Gasteiger partial charge in [-0.3, -0.25) is 19.3 Å². The minimum absolute atomic E-state index is 0.0802. The van der Waals surface area contributed by atoms with E-state index >= 15 is 0 Å². The molecule has 0 bridgehead atoms. The molecular weight excluding hydrogens is 284 g/mol. The number of rotatable bonds is 2. The Labute approximate surface area is 126 Å². The van der Waals surface area contributed by atoms with Crippen molar-refractivity contribution in [3.63, 3.8) is 0 Å². The Morgan fingerprint density at radius 3 is 2.95 bits per heavy atom. The van der Waals surface area contributed by atoms with Gasteiger partial charge in [0, 0.05) is 19.1 Å². The summed E-state index contributed by atoms with van der Waals surface area (Å²) in [5.74, 6) is 6.40. The average Bonchev–Trinajstić information content (AvgIpc) is 2.84. The summed E-state index contributed by atoms with van der Waals surface area (Å²) in [6, 6.07) is 0.0802. The van der Waals surface area contributed by atoms with Crippen LogP contribution < -0.4 is 21.9 Å². The van der Waals surface area contributed by atoms with Crippen LogP contribution in [0.25, 0.3) is 11.2 Å². The zero-order valence-corrected chi connectivity index (χ0v) is 12.3. The third kappa shape index (κ3) is 2.51.